The van der Waals surface area contributed by atoms with Crippen molar-refractivity contribution in [2.75, 3.05) is 12.0 Å². The van der Waals surface area contributed by atoms with E-state index in [1.54, 1.807) is 11.8 Å². The van der Waals surface area contributed by atoms with Crippen LogP contribution in [0.1, 0.15) is 39.0 Å². The van der Waals surface area contributed by atoms with Gasteiger partial charge in [0.15, 0.2) is 0 Å². The number of thioether (sulfide) groups is 1. The second-order valence-corrected chi connectivity index (χ2v) is 12.5. The van der Waals surface area contributed by atoms with Gasteiger partial charge in [0.25, 0.3) is 5.91 Å². The van der Waals surface area contributed by atoms with Crippen molar-refractivity contribution in [1.29, 1.82) is 0 Å². The van der Waals surface area contributed by atoms with Crippen LogP contribution in [-0.2, 0) is 24.4 Å². The monoisotopic (exact) mass is 644 g/mol. The molecule has 0 radical (unpaired) electrons. The van der Waals surface area contributed by atoms with E-state index in [1.165, 1.54) is 5.56 Å². The molecule has 47 heavy (non-hydrogen) atoms. The number of carboxylic acid groups (broad SMARTS) is 1. The average molecular weight is 645 g/mol. The molecule has 2 N–H and O–H groups in total. The molecule has 0 bridgehead atoms. The van der Waals surface area contributed by atoms with Crippen molar-refractivity contribution in [1.82, 2.24) is 10.2 Å². The second-order valence-electron chi connectivity index (χ2n) is 11.5. The van der Waals surface area contributed by atoms with E-state index in [0.29, 0.717) is 30.8 Å². The minimum absolute atomic E-state index is 0.353. The van der Waals surface area contributed by atoms with Crippen molar-refractivity contribution >= 4 is 23.6 Å². The Morgan fingerprint density at radius 3 is 2.04 bits per heavy atom. The lowest BCUT2D eigenvalue weighted by Gasteiger charge is -2.24. The standard InChI is InChI=1S/C40H40N2O4S/c1-29-12-9-10-19-35(29)37-25-32(20-21-36(37)39(43)41-38(40(44)45)22-23-47-2)28-42(26-30-13-5-3-6-14-30)27-31-15-11-18-34(24-31)46-33-16-7-4-8-17-33/h3-21,24-25,38H,22-23,26-28H2,1-2H3,(H,41,43)(H,44,45). The Morgan fingerprint density at radius 1 is 0.723 bits per heavy atom. The van der Waals surface area contributed by atoms with Crippen molar-refractivity contribution in [3.63, 3.8) is 0 Å². The highest BCUT2D eigenvalue weighted by atomic mass is 32.2. The van der Waals surface area contributed by atoms with E-state index in [2.05, 4.69) is 52.7 Å². The quantitative estimate of drug-likeness (QED) is 0.119. The van der Waals surface area contributed by atoms with Gasteiger partial charge in [0, 0.05) is 25.2 Å². The number of aryl methyl sites for hydroxylation is 1. The van der Waals surface area contributed by atoms with Gasteiger partial charge in [-0.05, 0) is 95.1 Å². The first-order valence-electron chi connectivity index (χ1n) is 15.7. The topological polar surface area (TPSA) is 78.9 Å². The molecule has 7 heteroatoms. The summed E-state index contributed by atoms with van der Waals surface area (Å²) in [4.78, 5) is 27.9. The van der Waals surface area contributed by atoms with Gasteiger partial charge in [-0.1, -0.05) is 91.0 Å². The summed E-state index contributed by atoms with van der Waals surface area (Å²) in [7, 11) is 0. The Hall–Kier alpha value is -4.85. The maximum atomic E-state index is 13.6. The molecule has 1 amide bonds. The molecule has 1 unspecified atom stereocenters. The Bertz CT molecular complexity index is 1780. The molecule has 0 saturated carbocycles. The molecule has 0 aliphatic carbocycles. The summed E-state index contributed by atoms with van der Waals surface area (Å²) in [5.74, 6) is 0.788. The van der Waals surface area contributed by atoms with Gasteiger partial charge in [0.05, 0.1) is 0 Å². The summed E-state index contributed by atoms with van der Waals surface area (Å²) >= 11 is 1.56. The fraction of sp³-hybridized carbons (Fsp3) is 0.200. The average Bonchev–Trinajstić information content (AvgIpc) is 3.07. The van der Waals surface area contributed by atoms with Crippen LogP contribution in [0.2, 0.25) is 0 Å². The van der Waals surface area contributed by atoms with Gasteiger partial charge in [-0.3, -0.25) is 9.69 Å². The summed E-state index contributed by atoms with van der Waals surface area (Å²) in [6, 6.07) is 41.2. The van der Waals surface area contributed by atoms with Crippen molar-refractivity contribution in [3.8, 4) is 22.6 Å². The molecule has 5 aromatic rings. The summed E-state index contributed by atoms with van der Waals surface area (Å²) in [5, 5.41) is 12.5. The zero-order chi connectivity index (χ0) is 33.0. The largest absolute Gasteiger partial charge is 0.480 e. The van der Waals surface area contributed by atoms with Crippen LogP contribution in [0.3, 0.4) is 0 Å². The molecule has 1 atom stereocenters. The molecule has 0 heterocycles. The van der Waals surface area contributed by atoms with Crippen LogP contribution in [0.5, 0.6) is 11.5 Å². The van der Waals surface area contributed by atoms with E-state index in [9.17, 15) is 14.7 Å². The number of benzene rings is 5. The molecule has 0 fully saturated rings. The number of carbonyl (C=O) groups excluding carboxylic acids is 1. The highest BCUT2D eigenvalue weighted by Gasteiger charge is 2.23. The number of amides is 1. The highest BCUT2D eigenvalue weighted by Crippen LogP contribution is 2.30. The zero-order valence-electron chi connectivity index (χ0n) is 26.8. The maximum absolute atomic E-state index is 13.6. The van der Waals surface area contributed by atoms with E-state index >= 15 is 0 Å². The fourth-order valence-electron chi connectivity index (χ4n) is 5.57. The van der Waals surface area contributed by atoms with Crippen LogP contribution in [0, 0.1) is 6.92 Å². The first-order chi connectivity index (χ1) is 22.9. The Morgan fingerprint density at radius 2 is 1.34 bits per heavy atom. The second kappa shape index (κ2) is 16.6. The van der Waals surface area contributed by atoms with Crippen LogP contribution in [0.4, 0.5) is 0 Å². The summed E-state index contributed by atoms with van der Waals surface area (Å²) < 4.78 is 6.12. The van der Waals surface area contributed by atoms with Gasteiger partial charge in [-0.25, -0.2) is 4.79 Å². The lowest BCUT2D eigenvalue weighted by atomic mass is 9.93. The van der Waals surface area contributed by atoms with E-state index in [-0.39, 0.29) is 5.91 Å². The van der Waals surface area contributed by atoms with E-state index in [1.807, 2.05) is 98.1 Å². The molecule has 0 aromatic heterocycles. The number of carboxylic acids is 1. The van der Waals surface area contributed by atoms with Crippen molar-refractivity contribution < 1.29 is 19.4 Å². The van der Waals surface area contributed by atoms with E-state index < -0.39 is 12.0 Å². The van der Waals surface area contributed by atoms with Crippen molar-refractivity contribution in [3.05, 3.63) is 155 Å². The Labute approximate surface area is 281 Å². The van der Waals surface area contributed by atoms with Crippen molar-refractivity contribution in [2.45, 2.75) is 39.0 Å². The lowest BCUT2D eigenvalue weighted by Crippen LogP contribution is -2.41. The van der Waals surface area contributed by atoms with Gasteiger partial charge >= 0.3 is 5.97 Å². The summed E-state index contributed by atoms with van der Waals surface area (Å²) in [5.41, 5.74) is 6.58. The molecule has 5 rings (SSSR count). The summed E-state index contributed by atoms with van der Waals surface area (Å²) in [6.07, 6.45) is 2.28. The molecular weight excluding hydrogens is 605 g/mol. The van der Waals surface area contributed by atoms with Crippen LogP contribution in [-0.4, -0.2) is 39.9 Å². The van der Waals surface area contributed by atoms with Gasteiger partial charge in [-0.15, -0.1) is 0 Å². The predicted octanol–water partition coefficient (Wildman–Crippen LogP) is 8.59. The van der Waals surface area contributed by atoms with Gasteiger partial charge in [0.2, 0.25) is 0 Å². The molecule has 6 nitrogen and oxygen atoms in total. The number of aliphatic carboxylic acids is 1. The van der Waals surface area contributed by atoms with Gasteiger partial charge < -0.3 is 15.2 Å². The third-order valence-corrected chi connectivity index (χ3v) is 8.56. The lowest BCUT2D eigenvalue weighted by molar-refractivity contribution is -0.139. The van der Waals surface area contributed by atoms with Crippen molar-refractivity contribution in [2.24, 2.45) is 0 Å². The number of hydrogen-bond donors (Lipinski definition) is 2. The Kier molecular flexibility index (Phi) is 11.9. The molecular formula is C40H40N2O4S. The van der Waals surface area contributed by atoms with Crippen LogP contribution in [0.15, 0.2) is 127 Å². The molecule has 5 aromatic carbocycles. The maximum Gasteiger partial charge on any atom is 0.326 e. The molecule has 0 aliphatic heterocycles. The normalized spacial score (nSPS) is 11.6. The number of para-hydroxylation sites is 1. The summed E-state index contributed by atoms with van der Waals surface area (Å²) in [6.45, 7) is 4.06. The first-order valence-corrected chi connectivity index (χ1v) is 17.1. The van der Waals surface area contributed by atoms with Gasteiger partial charge in [-0.2, -0.15) is 11.8 Å². The van der Waals surface area contributed by atoms with E-state index in [0.717, 1.165) is 45.9 Å². The number of rotatable bonds is 15. The van der Waals surface area contributed by atoms with E-state index in [4.69, 9.17) is 4.74 Å². The third kappa shape index (κ3) is 9.58. The Balaban J connectivity index is 1.45. The van der Waals surface area contributed by atoms with Crippen LogP contribution < -0.4 is 10.1 Å². The SMILES string of the molecule is CSCCC(NC(=O)c1ccc(CN(Cc2ccccc2)Cc2cccc(Oc3ccccc3)c2)cc1-c1ccccc1C)C(=O)O. The smallest absolute Gasteiger partial charge is 0.326 e. The van der Waals surface area contributed by atoms with Crippen LogP contribution >= 0.6 is 11.8 Å². The minimum atomic E-state index is -1.03. The third-order valence-electron chi connectivity index (χ3n) is 7.92. The first kappa shape index (κ1) is 33.5. The number of hydrogen-bond acceptors (Lipinski definition) is 5. The number of nitrogens with zero attached hydrogens (tertiary/aromatic N) is 1. The number of carbonyl (C=O) groups is 2. The molecule has 0 spiro atoms. The molecule has 0 aliphatic rings. The highest BCUT2D eigenvalue weighted by molar-refractivity contribution is 7.98. The predicted molar refractivity (Wildman–Crippen MR) is 191 cm³/mol. The zero-order valence-corrected chi connectivity index (χ0v) is 27.6. The number of nitrogens with one attached hydrogen (secondary N) is 1. The molecule has 240 valence electrons. The minimum Gasteiger partial charge on any atom is -0.480 e. The number of ether oxygens (including phenoxy) is 1. The van der Waals surface area contributed by atoms with Gasteiger partial charge in [0.1, 0.15) is 17.5 Å². The molecule has 0 saturated heterocycles. The van der Waals surface area contributed by atoms with Crippen LogP contribution in [0.25, 0.3) is 11.1 Å². The fourth-order valence-corrected chi connectivity index (χ4v) is 6.04.